The van der Waals surface area contributed by atoms with Crippen LogP contribution in [-0.4, -0.2) is 46.8 Å². The van der Waals surface area contributed by atoms with Crippen LogP contribution in [0.2, 0.25) is 0 Å². The summed E-state index contributed by atoms with van der Waals surface area (Å²) in [4.78, 5) is 28.1. The van der Waals surface area contributed by atoms with Gasteiger partial charge in [0.1, 0.15) is 5.78 Å². The maximum atomic E-state index is 13.2. The van der Waals surface area contributed by atoms with Gasteiger partial charge in [-0.2, -0.15) is 0 Å². The van der Waals surface area contributed by atoms with Crippen LogP contribution in [0, 0.1) is 17.8 Å². The molecule has 5 aliphatic rings. The predicted molar refractivity (Wildman–Crippen MR) is 97.9 cm³/mol. The Hall–Kier alpha value is -1.88. The van der Waals surface area contributed by atoms with E-state index < -0.39 is 12.0 Å². The van der Waals surface area contributed by atoms with Gasteiger partial charge in [-0.25, -0.2) is 0 Å². The second-order valence-corrected chi connectivity index (χ2v) is 9.35. The van der Waals surface area contributed by atoms with Crippen molar-refractivity contribution in [3.05, 3.63) is 23.3 Å². The molecule has 5 unspecified atom stereocenters. The zero-order chi connectivity index (χ0) is 18.5. The Bertz CT molecular complexity index is 875. The first-order valence-corrected chi connectivity index (χ1v) is 10.3. The van der Waals surface area contributed by atoms with Crippen LogP contribution in [0.4, 0.5) is 0 Å². The summed E-state index contributed by atoms with van der Waals surface area (Å²) in [5.74, 6) is 1.02. The fraction of sp³-hybridized carbons (Fsp3) is 0.636. The summed E-state index contributed by atoms with van der Waals surface area (Å²) in [6.07, 6.45) is 4.48. The Morgan fingerprint density at radius 3 is 2.93 bits per heavy atom. The summed E-state index contributed by atoms with van der Waals surface area (Å²) >= 11 is 0. The van der Waals surface area contributed by atoms with Gasteiger partial charge < -0.3 is 9.84 Å². The topological polar surface area (TPSA) is 66.8 Å². The lowest BCUT2D eigenvalue weighted by molar-refractivity contribution is -0.150. The number of phenolic OH excluding ortho intramolecular Hbond substituents is 1. The number of Topliss-reactive ketones (excluding diaryl/α,β-unsaturated/α-hetero) is 2. The molecular formula is C22H25NO4. The van der Waals surface area contributed by atoms with Gasteiger partial charge >= 0.3 is 0 Å². The van der Waals surface area contributed by atoms with E-state index in [1.54, 1.807) is 6.07 Å². The zero-order valence-electron chi connectivity index (χ0n) is 15.6. The second kappa shape index (κ2) is 5.13. The quantitative estimate of drug-likeness (QED) is 0.830. The molecule has 5 heteroatoms. The molecule has 1 N–H and O–H groups in total. The van der Waals surface area contributed by atoms with E-state index in [1.165, 1.54) is 25.3 Å². The number of carbonyl (C=O) groups excluding carboxylic acids is 2. The molecule has 0 aromatic heterocycles. The number of benzene rings is 1. The molecule has 1 spiro atoms. The highest BCUT2D eigenvalue weighted by molar-refractivity contribution is 6.05. The first-order valence-electron chi connectivity index (χ1n) is 10.3. The van der Waals surface area contributed by atoms with Gasteiger partial charge in [-0.3, -0.25) is 14.5 Å². The Morgan fingerprint density at radius 2 is 2.19 bits per heavy atom. The van der Waals surface area contributed by atoms with E-state index in [4.69, 9.17) is 4.74 Å². The largest absolute Gasteiger partial charge is 0.504 e. The highest BCUT2D eigenvalue weighted by atomic mass is 16.5. The Balaban J connectivity index is 1.53. The molecule has 2 bridgehead atoms. The van der Waals surface area contributed by atoms with E-state index in [1.807, 2.05) is 6.07 Å². The first kappa shape index (κ1) is 16.1. The molecule has 27 heavy (non-hydrogen) atoms. The van der Waals surface area contributed by atoms with Crippen LogP contribution in [0.1, 0.15) is 43.7 Å². The number of rotatable bonds is 3. The highest BCUT2D eigenvalue weighted by Crippen LogP contribution is 2.64. The number of carbonyl (C=O) groups is 2. The molecule has 3 aliphatic carbocycles. The fourth-order valence-corrected chi connectivity index (χ4v) is 6.63. The van der Waals surface area contributed by atoms with E-state index in [0.29, 0.717) is 18.2 Å². The minimum absolute atomic E-state index is 0.0451. The van der Waals surface area contributed by atoms with Crippen molar-refractivity contribution >= 4 is 11.6 Å². The molecule has 5 atom stereocenters. The number of nitrogens with zero attached hydrogens (tertiary/aromatic N) is 1. The molecule has 0 radical (unpaired) electrons. The smallest absolute Gasteiger partial charge is 0.184 e. The number of hydrogen-bond donors (Lipinski definition) is 1. The van der Waals surface area contributed by atoms with Gasteiger partial charge in [-0.15, -0.1) is 0 Å². The molecule has 5 nitrogen and oxygen atoms in total. The van der Waals surface area contributed by atoms with E-state index in [2.05, 4.69) is 4.90 Å². The summed E-state index contributed by atoms with van der Waals surface area (Å²) in [6, 6.07) is 4.09. The van der Waals surface area contributed by atoms with Crippen molar-refractivity contribution in [3.8, 4) is 11.5 Å². The van der Waals surface area contributed by atoms with Crippen molar-refractivity contribution in [1.82, 2.24) is 4.90 Å². The van der Waals surface area contributed by atoms with E-state index >= 15 is 0 Å². The number of likely N-dealkylation sites (tertiary alicyclic amines) is 1. The average Bonchev–Trinajstić information content (AvgIpc) is 3.38. The number of phenols is 1. The van der Waals surface area contributed by atoms with Crippen molar-refractivity contribution < 1.29 is 19.4 Å². The van der Waals surface area contributed by atoms with Gasteiger partial charge in [-0.1, -0.05) is 6.07 Å². The molecule has 1 aromatic carbocycles. The van der Waals surface area contributed by atoms with Crippen molar-refractivity contribution in [2.45, 2.75) is 56.6 Å². The van der Waals surface area contributed by atoms with Gasteiger partial charge in [0.15, 0.2) is 23.4 Å². The third-order valence-corrected chi connectivity index (χ3v) is 8.00. The molecule has 142 valence electrons. The van der Waals surface area contributed by atoms with E-state index in [-0.39, 0.29) is 28.6 Å². The molecule has 1 saturated heterocycles. The van der Waals surface area contributed by atoms with Crippen LogP contribution in [0.3, 0.4) is 0 Å². The van der Waals surface area contributed by atoms with Crippen molar-refractivity contribution in [3.63, 3.8) is 0 Å². The SMILES string of the molecule is CC(=O)C1CC2C3Cc4ccc(O)c5c4C2(CCN3CC2CC2)C(O5)C1=O. The number of aromatic hydroxyl groups is 1. The Morgan fingerprint density at radius 1 is 1.37 bits per heavy atom. The standard InChI is InChI=1S/C22H25NO4/c1-11(24)14-9-15-16-8-13-4-5-17(25)20-18(13)22(15,21(27-20)19(14)26)6-7-23(16)10-12-2-3-12/h4-5,12,14-16,21,25H,2-3,6-10H2,1H3. The lowest BCUT2D eigenvalue weighted by Crippen LogP contribution is -2.68. The van der Waals surface area contributed by atoms with Gasteiger partial charge in [0.05, 0.1) is 5.92 Å². The van der Waals surface area contributed by atoms with Gasteiger partial charge in [0, 0.05) is 23.6 Å². The summed E-state index contributed by atoms with van der Waals surface area (Å²) in [6.45, 7) is 3.65. The number of ether oxygens (including phenoxy) is 1. The molecule has 1 aromatic rings. The first-order chi connectivity index (χ1) is 13.0. The average molecular weight is 367 g/mol. The van der Waals surface area contributed by atoms with Crippen LogP contribution in [0.25, 0.3) is 0 Å². The van der Waals surface area contributed by atoms with Crippen molar-refractivity contribution in [1.29, 1.82) is 0 Å². The fourth-order valence-electron chi connectivity index (χ4n) is 6.63. The van der Waals surface area contributed by atoms with Gasteiger partial charge in [0.25, 0.3) is 0 Å². The molecule has 6 rings (SSSR count). The molecule has 3 fully saturated rings. The third-order valence-electron chi connectivity index (χ3n) is 8.00. The van der Waals surface area contributed by atoms with Crippen LogP contribution in [-0.2, 0) is 21.4 Å². The van der Waals surface area contributed by atoms with Crippen molar-refractivity contribution in [2.24, 2.45) is 17.8 Å². The maximum Gasteiger partial charge on any atom is 0.184 e. The predicted octanol–water partition coefficient (Wildman–Crippen LogP) is 2.23. The molecule has 2 heterocycles. The van der Waals surface area contributed by atoms with Crippen LogP contribution in [0.5, 0.6) is 11.5 Å². The minimum atomic E-state index is -0.613. The maximum absolute atomic E-state index is 13.2. The summed E-state index contributed by atoms with van der Waals surface area (Å²) < 4.78 is 6.16. The normalized spacial score (nSPS) is 39.1. The molecule has 2 saturated carbocycles. The third kappa shape index (κ3) is 1.93. The Kier molecular flexibility index (Phi) is 3.06. The number of piperidine rings is 1. The molecular weight excluding hydrogens is 342 g/mol. The summed E-state index contributed by atoms with van der Waals surface area (Å²) in [7, 11) is 0. The second-order valence-electron chi connectivity index (χ2n) is 9.35. The number of hydrogen-bond acceptors (Lipinski definition) is 5. The monoisotopic (exact) mass is 367 g/mol. The highest BCUT2D eigenvalue weighted by Gasteiger charge is 2.68. The molecule has 2 aliphatic heterocycles. The van der Waals surface area contributed by atoms with E-state index in [9.17, 15) is 14.7 Å². The van der Waals surface area contributed by atoms with Crippen molar-refractivity contribution in [2.75, 3.05) is 13.1 Å². The van der Waals surface area contributed by atoms with Crippen LogP contribution in [0.15, 0.2) is 12.1 Å². The van der Waals surface area contributed by atoms with Crippen LogP contribution >= 0.6 is 0 Å². The minimum Gasteiger partial charge on any atom is -0.504 e. The lowest BCUT2D eigenvalue weighted by Gasteiger charge is -2.58. The van der Waals surface area contributed by atoms with Gasteiger partial charge in [-0.05, 0) is 69.0 Å². The molecule has 0 amide bonds. The number of ketones is 2. The van der Waals surface area contributed by atoms with Crippen LogP contribution < -0.4 is 4.74 Å². The Labute approximate surface area is 158 Å². The summed E-state index contributed by atoms with van der Waals surface area (Å²) in [5, 5.41) is 10.4. The zero-order valence-corrected chi connectivity index (χ0v) is 15.6. The lowest BCUT2D eigenvalue weighted by atomic mass is 9.50. The van der Waals surface area contributed by atoms with E-state index in [0.717, 1.165) is 37.4 Å². The van der Waals surface area contributed by atoms with Gasteiger partial charge in [0.2, 0.25) is 0 Å². The summed E-state index contributed by atoms with van der Waals surface area (Å²) in [5.41, 5.74) is 1.95.